The smallest absolute Gasteiger partial charge is 0.155 e. The van der Waals surface area contributed by atoms with Crippen molar-refractivity contribution in [2.45, 2.75) is 52.1 Å². The lowest BCUT2D eigenvalue weighted by Gasteiger charge is -2.53. The predicted octanol–water partition coefficient (Wildman–Crippen LogP) is 4.07. The van der Waals surface area contributed by atoms with Gasteiger partial charge in [-0.1, -0.05) is 37.1 Å². The van der Waals surface area contributed by atoms with Gasteiger partial charge in [0.05, 0.1) is 6.10 Å². The van der Waals surface area contributed by atoms with E-state index in [0.29, 0.717) is 35.9 Å². The summed E-state index contributed by atoms with van der Waals surface area (Å²) in [6.07, 6.45) is 11.1. The maximum atomic E-state index is 11.8. The number of rotatable bonds is 1. The molecule has 2 nitrogen and oxygen atoms in total. The third-order valence-electron chi connectivity index (χ3n) is 7.35. The molecule has 0 aromatic carbocycles. The van der Waals surface area contributed by atoms with E-state index in [1.165, 1.54) is 17.6 Å². The molecule has 0 amide bonds. The molecule has 2 heteroatoms. The van der Waals surface area contributed by atoms with Crippen LogP contribution in [0.15, 0.2) is 36.0 Å². The Morgan fingerprint density at radius 1 is 1.39 bits per heavy atom. The summed E-state index contributed by atoms with van der Waals surface area (Å²) >= 11 is 0. The molecule has 0 saturated heterocycles. The van der Waals surface area contributed by atoms with Crippen LogP contribution >= 0.6 is 0 Å². The topological polar surface area (TPSA) is 37.3 Å². The van der Waals surface area contributed by atoms with Gasteiger partial charge in [-0.25, -0.2) is 0 Å². The monoisotopic (exact) mass is 312 g/mol. The molecule has 0 aliphatic heterocycles. The minimum Gasteiger partial charge on any atom is -0.392 e. The standard InChI is InChI=1S/C21H28O2/c1-4-13-10-14-11-15(22)5-6-16(14)17-7-8-21(3)18(19(13)17)9-12(2)20(21)23/h4,9,11-13,16-17,19-20,23H,1,5-8,10H2,2-3H3/t12-,13-,16+,17-,19-,20+,21+/m1/s1. The molecular formula is C21H28O2. The molecule has 2 fully saturated rings. The van der Waals surface area contributed by atoms with Crippen molar-refractivity contribution in [3.63, 3.8) is 0 Å². The number of fused-ring (bicyclic) bond motifs is 5. The van der Waals surface area contributed by atoms with E-state index < -0.39 is 0 Å². The van der Waals surface area contributed by atoms with Crippen molar-refractivity contribution in [2.24, 2.45) is 35.0 Å². The van der Waals surface area contributed by atoms with Gasteiger partial charge in [0, 0.05) is 17.8 Å². The zero-order chi connectivity index (χ0) is 16.4. The number of hydrogen-bond donors (Lipinski definition) is 1. The van der Waals surface area contributed by atoms with Crippen LogP contribution in [0.5, 0.6) is 0 Å². The molecule has 4 aliphatic rings. The van der Waals surface area contributed by atoms with Crippen molar-refractivity contribution < 1.29 is 9.90 Å². The summed E-state index contributed by atoms with van der Waals surface area (Å²) in [4.78, 5) is 11.8. The Balaban J connectivity index is 1.76. The number of hydrogen-bond acceptors (Lipinski definition) is 2. The lowest BCUT2D eigenvalue weighted by molar-refractivity contribution is -0.115. The highest BCUT2D eigenvalue weighted by atomic mass is 16.3. The van der Waals surface area contributed by atoms with Gasteiger partial charge in [-0.3, -0.25) is 4.79 Å². The summed E-state index contributed by atoms with van der Waals surface area (Å²) in [6, 6.07) is 0. The largest absolute Gasteiger partial charge is 0.392 e. The van der Waals surface area contributed by atoms with Crippen LogP contribution in [0.3, 0.4) is 0 Å². The highest BCUT2D eigenvalue weighted by Crippen LogP contribution is 2.62. The van der Waals surface area contributed by atoms with Gasteiger partial charge in [-0.2, -0.15) is 0 Å². The second kappa shape index (κ2) is 5.17. The first kappa shape index (κ1) is 15.4. The van der Waals surface area contributed by atoms with Gasteiger partial charge < -0.3 is 5.11 Å². The van der Waals surface area contributed by atoms with E-state index in [1.807, 2.05) is 6.08 Å². The molecular weight excluding hydrogens is 284 g/mol. The molecule has 7 atom stereocenters. The maximum Gasteiger partial charge on any atom is 0.155 e. The lowest BCUT2D eigenvalue weighted by Crippen LogP contribution is -2.47. The van der Waals surface area contributed by atoms with Crippen LogP contribution in [0.4, 0.5) is 0 Å². The van der Waals surface area contributed by atoms with Gasteiger partial charge >= 0.3 is 0 Å². The molecule has 0 spiro atoms. The number of carbonyl (C=O) groups excluding carboxylic acids is 1. The molecule has 23 heavy (non-hydrogen) atoms. The summed E-state index contributed by atoms with van der Waals surface area (Å²) < 4.78 is 0. The first-order chi connectivity index (χ1) is 11.0. The fourth-order valence-electron chi connectivity index (χ4n) is 6.17. The SMILES string of the molecule is C=C[C@@H]1CC2=CC(=O)CC[C@@H]2[C@H]2CC[C@@]3(C)C(=C[C@@H](C)[C@@H]3O)[C@@H]21. The van der Waals surface area contributed by atoms with Crippen LogP contribution in [0.2, 0.25) is 0 Å². The van der Waals surface area contributed by atoms with Crippen molar-refractivity contribution in [2.75, 3.05) is 0 Å². The Morgan fingerprint density at radius 2 is 2.17 bits per heavy atom. The summed E-state index contributed by atoms with van der Waals surface area (Å²) in [6.45, 7) is 8.51. The van der Waals surface area contributed by atoms with Crippen LogP contribution < -0.4 is 0 Å². The summed E-state index contributed by atoms with van der Waals surface area (Å²) in [5, 5.41) is 10.7. The predicted molar refractivity (Wildman–Crippen MR) is 91.7 cm³/mol. The fourth-order valence-corrected chi connectivity index (χ4v) is 6.17. The normalized spacial score (nSPS) is 48.7. The molecule has 2 saturated carbocycles. The quantitative estimate of drug-likeness (QED) is 0.741. The molecule has 0 aromatic rings. The average Bonchev–Trinajstić information content (AvgIpc) is 2.77. The molecule has 0 bridgehead atoms. The lowest BCUT2D eigenvalue weighted by atomic mass is 9.51. The molecule has 0 heterocycles. The fraction of sp³-hybridized carbons (Fsp3) is 0.667. The van der Waals surface area contributed by atoms with E-state index in [-0.39, 0.29) is 17.4 Å². The number of ketones is 1. The van der Waals surface area contributed by atoms with Crippen LogP contribution in [-0.4, -0.2) is 17.0 Å². The van der Waals surface area contributed by atoms with Crippen LogP contribution in [-0.2, 0) is 4.79 Å². The molecule has 1 N–H and O–H groups in total. The Hall–Kier alpha value is -1.15. The van der Waals surface area contributed by atoms with Crippen molar-refractivity contribution in [3.05, 3.63) is 36.0 Å². The van der Waals surface area contributed by atoms with E-state index in [1.54, 1.807) is 0 Å². The Kier molecular flexibility index (Phi) is 3.46. The molecule has 4 aliphatic carbocycles. The Morgan fingerprint density at radius 3 is 2.91 bits per heavy atom. The van der Waals surface area contributed by atoms with E-state index in [9.17, 15) is 9.90 Å². The van der Waals surface area contributed by atoms with Gasteiger partial charge in [0.1, 0.15) is 0 Å². The summed E-state index contributed by atoms with van der Waals surface area (Å²) in [7, 11) is 0. The molecule has 0 radical (unpaired) electrons. The first-order valence-electron chi connectivity index (χ1n) is 9.22. The Bertz CT molecular complexity index is 613. The minimum atomic E-state index is -0.242. The minimum absolute atomic E-state index is 0.0481. The van der Waals surface area contributed by atoms with Crippen molar-refractivity contribution >= 4 is 5.78 Å². The summed E-state index contributed by atoms with van der Waals surface area (Å²) in [5.74, 6) is 2.69. The molecule has 124 valence electrons. The highest BCUT2D eigenvalue weighted by molar-refractivity contribution is 5.91. The highest BCUT2D eigenvalue weighted by Gasteiger charge is 2.55. The van der Waals surface area contributed by atoms with Gasteiger partial charge in [0.25, 0.3) is 0 Å². The van der Waals surface area contributed by atoms with E-state index in [4.69, 9.17) is 0 Å². The van der Waals surface area contributed by atoms with Crippen LogP contribution in [0.1, 0.15) is 46.0 Å². The maximum absolute atomic E-state index is 11.8. The zero-order valence-electron chi connectivity index (χ0n) is 14.3. The first-order valence-corrected chi connectivity index (χ1v) is 9.22. The van der Waals surface area contributed by atoms with Gasteiger partial charge in [-0.05, 0) is 55.4 Å². The summed E-state index contributed by atoms with van der Waals surface area (Å²) in [5.41, 5.74) is 2.82. The van der Waals surface area contributed by atoms with Crippen LogP contribution in [0.25, 0.3) is 0 Å². The van der Waals surface area contributed by atoms with E-state index in [0.717, 1.165) is 19.3 Å². The molecule has 0 aromatic heterocycles. The van der Waals surface area contributed by atoms with E-state index in [2.05, 4.69) is 32.6 Å². The molecule has 4 rings (SSSR count). The third kappa shape index (κ3) is 2.07. The van der Waals surface area contributed by atoms with Crippen molar-refractivity contribution in [1.82, 2.24) is 0 Å². The number of allylic oxidation sites excluding steroid dienone is 3. The van der Waals surface area contributed by atoms with Crippen LogP contribution in [0, 0.1) is 35.0 Å². The number of carbonyl (C=O) groups is 1. The Labute approximate surface area is 139 Å². The van der Waals surface area contributed by atoms with Crippen molar-refractivity contribution in [3.8, 4) is 0 Å². The van der Waals surface area contributed by atoms with E-state index >= 15 is 0 Å². The second-order valence-electron chi connectivity index (χ2n) is 8.51. The number of aliphatic hydroxyl groups is 1. The van der Waals surface area contributed by atoms with Gasteiger partial charge in [0.2, 0.25) is 0 Å². The third-order valence-corrected chi connectivity index (χ3v) is 7.35. The van der Waals surface area contributed by atoms with Crippen molar-refractivity contribution in [1.29, 1.82) is 0 Å². The van der Waals surface area contributed by atoms with Gasteiger partial charge in [-0.15, -0.1) is 6.58 Å². The zero-order valence-corrected chi connectivity index (χ0v) is 14.3. The number of aliphatic hydroxyl groups excluding tert-OH is 1. The molecule has 0 unspecified atom stereocenters. The average molecular weight is 312 g/mol. The second-order valence-corrected chi connectivity index (χ2v) is 8.51. The van der Waals surface area contributed by atoms with Gasteiger partial charge in [0.15, 0.2) is 5.78 Å².